The molecule has 8 heterocycles. The van der Waals surface area contributed by atoms with Gasteiger partial charge < -0.3 is 44.2 Å². The van der Waals surface area contributed by atoms with Crippen molar-refractivity contribution in [2.75, 3.05) is 46.3 Å². The lowest BCUT2D eigenvalue weighted by molar-refractivity contribution is 0.0986. The number of nitrogens with two attached hydrogens (primary N) is 4. The molecule has 16 rings (SSSR count). The fourth-order valence-corrected chi connectivity index (χ4v) is 17.5. The highest BCUT2D eigenvalue weighted by atomic mass is 32.2. The third-order valence-corrected chi connectivity index (χ3v) is 26.8. The number of benzene rings is 8. The lowest BCUT2D eigenvalue weighted by Crippen LogP contribution is -2.18. The Hall–Kier alpha value is -16.2. The number of nitrogens with one attached hydrogen (secondary N) is 8. The van der Waals surface area contributed by atoms with E-state index >= 15 is 0 Å². The predicted molar refractivity (Wildman–Crippen MR) is 522 cm³/mol. The van der Waals surface area contributed by atoms with Crippen molar-refractivity contribution in [3.8, 4) is 0 Å². The quantitative estimate of drug-likeness (QED) is 0.0267. The van der Waals surface area contributed by atoms with E-state index in [0.29, 0.717) is 157 Å². The number of nitrogens with zero attached hydrogens (tertiary/aromatic N) is 12. The van der Waals surface area contributed by atoms with E-state index in [2.05, 4.69) is 61.6 Å². The summed E-state index contributed by atoms with van der Waals surface area (Å²) in [6.07, 6.45) is 5.54. The number of carbonyl (C=O) groups is 8. The summed E-state index contributed by atoms with van der Waals surface area (Å²) in [5, 5.41) is 32.3. The Kier molecular flexibility index (Phi) is 28.4. The number of anilines is 4. The number of aryl methyl sites for hydroxylation is 4. The van der Waals surface area contributed by atoms with Gasteiger partial charge in [0, 0.05) is 66.1 Å². The van der Waals surface area contributed by atoms with Gasteiger partial charge in [-0.2, -0.15) is 20.4 Å². The van der Waals surface area contributed by atoms with Crippen LogP contribution in [0, 0.1) is 74.5 Å². The zero-order valence-electron chi connectivity index (χ0n) is 75.8. The van der Waals surface area contributed by atoms with Gasteiger partial charge in [-0.1, -0.05) is 121 Å². The maximum Gasteiger partial charge on any atom is 0.267 e. The molecule has 8 aromatic heterocycles. The molecule has 16 N–H and O–H groups in total. The maximum absolute atomic E-state index is 13.2. The van der Waals surface area contributed by atoms with Crippen molar-refractivity contribution in [3.05, 3.63) is 331 Å². The second-order valence-electron chi connectivity index (χ2n) is 32.3. The topological polar surface area (TPSA) is 575 Å². The zero-order valence-corrected chi connectivity index (χ0v) is 79.1. The molecule has 0 saturated carbocycles. The third-order valence-electron chi connectivity index (χ3n) is 22.2. The molecule has 0 spiro atoms. The van der Waals surface area contributed by atoms with Gasteiger partial charge in [0.05, 0.1) is 178 Å². The monoisotopic (exact) mass is 1900 g/mol. The average molecular weight is 1910 g/mol. The van der Waals surface area contributed by atoms with Crippen molar-refractivity contribution in [3.63, 3.8) is 0 Å². The van der Waals surface area contributed by atoms with Crippen LogP contribution < -0.4 is 44.2 Å². The summed E-state index contributed by atoms with van der Waals surface area (Å²) in [6, 6.07) is 61.8. The Morgan fingerprint density at radius 3 is 0.610 bits per heavy atom. The molecule has 40 heteroatoms. The number of hydrogen-bond acceptors (Lipinski definition) is 24. The van der Waals surface area contributed by atoms with E-state index in [-0.39, 0.29) is 22.8 Å². The van der Waals surface area contributed by atoms with Crippen molar-refractivity contribution >= 4 is 153 Å². The smallest absolute Gasteiger partial charge is 0.267 e. The highest BCUT2D eigenvalue weighted by Crippen LogP contribution is 2.32. The second kappa shape index (κ2) is 39.7. The number of aromatic nitrogens is 12. The molecule has 0 unspecified atom stereocenters. The van der Waals surface area contributed by atoms with Crippen LogP contribution in [0.4, 0.5) is 22.7 Å². The van der Waals surface area contributed by atoms with Crippen molar-refractivity contribution in [1.82, 2.24) is 59.1 Å². The van der Waals surface area contributed by atoms with E-state index in [1.807, 2.05) is 76.2 Å². The Morgan fingerprint density at radius 1 is 0.279 bits per heavy atom. The first kappa shape index (κ1) is 97.3. The lowest BCUT2D eigenvalue weighted by Gasteiger charge is -2.10. The Balaban J connectivity index is 0.000000153. The van der Waals surface area contributed by atoms with E-state index in [9.17, 15) is 55.2 Å². The number of pyridine rings is 4. The molecule has 4 atom stereocenters. The van der Waals surface area contributed by atoms with Crippen LogP contribution in [0.25, 0.3) is 43.6 Å². The van der Waals surface area contributed by atoms with Gasteiger partial charge in [-0.3, -0.25) is 57.1 Å². The summed E-state index contributed by atoms with van der Waals surface area (Å²) < 4.78 is 85.4. The van der Waals surface area contributed by atoms with Crippen LogP contribution in [0.5, 0.6) is 0 Å². The van der Waals surface area contributed by atoms with Crippen LogP contribution in [0.15, 0.2) is 238 Å². The molecule has 36 nitrogen and oxygen atoms in total. The number of para-hydroxylation sites is 4. The average Bonchev–Trinajstić information content (AvgIpc) is 1.29. The predicted octanol–water partition coefficient (Wildman–Crippen LogP) is 13.9. The van der Waals surface area contributed by atoms with E-state index in [1.54, 1.807) is 192 Å². The summed E-state index contributed by atoms with van der Waals surface area (Å²) in [4.78, 5) is 119. The van der Waals surface area contributed by atoms with Crippen molar-refractivity contribution < 1.29 is 55.2 Å². The summed E-state index contributed by atoms with van der Waals surface area (Å²) in [5.74, 6) is -4.45. The van der Waals surface area contributed by atoms with Crippen LogP contribution >= 0.6 is 0 Å². The van der Waals surface area contributed by atoms with Crippen LogP contribution in [0.2, 0.25) is 0 Å². The molecular weight excluding hydrogens is 1810 g/mol. The van der Waals surface area contributed by atoms with Crippen LogP contribution in [-0.2, 0) is 65.1 Å². The van der Waals surface area contributed by atoms with Gasteiger partial charge in [0.1, 0.15) is 22.8 Å². The summed E-state index contributed by atoms with van der Waals surface area (Å²) in [6.45, 7) is 16.4. The zero-order chi connectivity index (χ0) is 98.5. The standard InChI is InChI=1S/4C24H24N6O3S/c4*1-14-22(15(2)30(29-14)13-16-8-10-17(11-9-16)34(3,26)33)28-24(32)19-12-21(23(25)31)27-20-7-5-4-6-18(19)20/h4*4-12,26H,13H2,1-3H3,(H2,25,31)(H,28,32)/t4*34-/m1100/s1. The number of rotatable bonds is 24. The van der Waals surface area contributed by atoms with Gasteiger partial charge in [-0.05, 0) is 175 Å². The fraction of sp³-hybridized carbons (Fsp3) is 0.167. The summed E-state index contributed by atoms with van der Waals surface area (Å²) >= 11 is 0. The fourth-order valence-electron chi connectivity index (χ4n) is 14.9. The van der Waals surface area contributed by atoms with E-state index in [1.165, 1.54) is 49.3 Å². The number of fused-ring (bicyclic) bond motifs is 4. The molecule has 0 saturated heterocycles. The minimum atomic E-state index is -2.77. The molecule has 696 valence electrons. The molecule has 136 heavy (non-hydrogen) atoms. The first-order valence-electron chi connectivity index (χ1n) is 41.7. The van der Waals surface area contributed by atoms with E-state index in [0.717, 1.165) is 45.0 Å². The third kappa shape index (κ3) is 22.4. The van der Waals surface area contributed by atoms with Crippen LogP contribution in [0.3, 0.4) is 0 Å². The number of hydrogen-bond donors (Lipinski definition) is 12. The second-order valence-corrected chi connectivity index (χ2v) is 41.0. The summed E-state index contributed by atoms with van der Waals surface area (Å²) in [7, 11) is -11.1. The molecule has 0 aliphatic carbocycles. The van der Waals surface area contributed by atoms with Crippen molar-refractivity contribution in [2.24, 2.45) is 22.9 Å². The minimum absolute atomic E-state index is 0.0140. The molecule has 0 aliphatic heterocycles. The van der Waals surface area contributed by atoms with Gasteiger partial charge in [-0.25, -0.2) is 55.9 Å². The van der Waals surface area contributed by atoms with Gasteiger partial charge in [0.15, 0.2) is 0 Å². The molecule has 8 aromatic carbocycles. The molecule has 0 radical (unpaired) electrons. The SMILES string of the molecule is Cc1nn(Cc2ccc([S@@](C)(=N)=O)cc2)c(C)c1NC(=O)c1cc(C(N)=O)nc2ccccc12.Cc1nn(Cc2ccc([S@@](C)(=N)=O)cc2)c(C)c1NC(=O)c1cc(C(N)=O)nc2ccccc12.Cc1nn(Cc2ccc([S@](C)(=N)=O)cc2)c(C)c1NC(=O)c1cc(C(N)=O)nc2ccccc12.Cc1nn(Cc2ccc([S@](C)(=N)=O)cc2)c(C)c1NC(=O)c1cc(C(N)=O)nc2ccccc12. The summed E-state index contributed by atoms with van der Waals surface area (Å²) in [5.41, 5.74) is 36.4. The number of amides is 8. The van der Waals surface area contributed by atoms with Crippen molar-refractivity contribution in [1.29, 1.82) is 19.1 Å². The highest BCUT2D eigenvalue weighted by molar-refractivity contribution is 7.92. The van der Waals surface area contributed by atoms with E-state index in [4.69, 9.17) is 42.1 Å². The van der Waals surface area contributed by atoms with Crippen LogP contribution in [0.1, 0.15) is 151 Å². The van der Waals surface area contributed by atoms with Gasteiger partial charge in [0.2, 0.25) is 0 Å². The Bertz CT molecular complexity index is 7100. The molecule has 0 bridgehead atoms. The Labute approximate surface area is 782 Å². The van der Waals surface area contributed by atoms with Gasteiger partial charge in [0.25, 0.3) is 47.3 Å². The maximum atomic E-state index is 13.2. The first-order valence-corrected chi connectivity index (χ1v) is 49.5. The Morgan fingerprint density at radius 2 is 0.449 bits per heavy atom. The van der Waals surface area contributed by atoms with E-state index < -0.39 is 86.2 Å². The largest absolute Gasteiger partial charge is 0.364 e. The van der Waals surface area contributed by atoms with Crippen molar-refractivity contribution in [2.45, 2.75) is 101 Å². The minimum Gasteiger partial charge on any atom is -0.364 e. The molecular formula is C96H96N24O12S4. The molecule has 16 aromatic rings. The molecule has 0 fully saturated rings. The molecule has 0 aliphatic rings. The number of carbonyl (C=O) groups excluding carboxylic acids is 8. The highest BCUT2D eigenvalue weighted by Gasteiger charge is 2.27. The first-order chi connectivity index (χ1) is 64.2. The van der Waals surface area contributed by atoms with Gasteiger partial charge >= 0.3 is 0 Å². The molecule has 8 amide bonds. The number of primary amides is 4. The normalized spacial score (nSPS) is 12.9. The van der Waals surface area contributed by atoms with Gasteiger partial charge in [-0.15, -0.1) is 0 Å². The lowest BCUT2D eigenvalue weighted by atomic mass is 10.1. The van der Waals surface area contributed by atoms with Crippen LogP contribution in [-0.4, -0.2) is 148 Å².